The first-order valence-electron chi connectivity index (χ1n) is 9.98. The number of ether oxygens (including phenoxy) is 2. The molecule has 6 heteroatoms. The van der Waals surface area contributed by atoms with Crippen molar-refractivity contribution in [2.75, 3.05) is 19.7 Å². The molecule has 1 spiro atoms. The molecule has 0 radical (unpaired) electrons. The van der Waals surface area contributed by atoms with Crippen molar-refractivity contribution in [1.29, 1.82) is 0 Å². The molecule has 0 bridgehead atoms. The normalized spacial score (nSPS) is 21.5. The number of amides is 1. The Bertz CT molecular complexity index is 829. The summed E-state index contributed by atoms with van der Waals surface area (Å²) in [5, 5.41) is 0. The molecule has 2 aliphatic heterocycles. The highest BCUT2D eigenvalue weighted by Gasteiger charge is 2.42. The van der Waals surface area contributed by atoms with Crippen LogP contribution in [-0.2, 0) is 4.74 Å². The van der Waals surface area contributed by atoms with Crippen molar-refractivity contribution in [3.05, 3.63) is 53.5 Å². The van der Waals surface area contributed by atoms with Crippen LogP contribution in [0.2, 0.25) is 0 Å². The molecule has 0 saturated carbocycles. The van der Waals surface area contributed by atoms with Gasteiger partial charge >= 0.3 is 0 Å². The molecule has 0 aromatic carbocycles. The summed E-state index contributed by atoms with van der Waals surface area (Å²) in [6.07, 6.45) is 6.93. The highest BCUT2D eigenvalue weighted by atomic mass is 16.5. The molecule has 2 fully saturated rings. The van der Waals surface area contributed by atoms with Gasteiger partial charge in [-0.05, 0) is 50.5 Å². The molecule has 2 aromatic heterocycles. The lowest BCUT2D eigenvalue weighted by atomic mass is 9.83. The van der Waals surface area contributed by atoms with Crippen LogP contribution >= 0.6 is 0 Å². The van der Waals surface area contributed by atoms with E-state index in [0.29, 0.717) is 31.1 Å². The number of carbonyl (C=O) groups is 1. The van der Waals surface area contributed by atoms with Gasteiger partial charge in [0.05, 0.1) is 17.8 Å². The average Bonchev–Trinajstić information content (AvgIpc) is 2.69. The summed E-state index contributed by atoms with van der Waals surface area (Å²) in [4.78, 5) is 23.2. The lowest BCUT2D eigenvalue weighted by Gasteiger charge is -2.45. The van der Waals surface area contributed by atoms with Crippen molar-refractivity contribution in [2.45, 2.75) is 51.2 Å². The van der Waals surface area contributed by atoms with Crippen molar-refractivity contribution < 1.29 is 14.3 Å². The summed E-state index contributed by atoms with van der Waals surface area (Å²) in [6.45, 7) is 6.04. The summed E-state index contributed by atoms with van der Waals surface area (Å²) < 4.78 is 12.3. The molecule has 0 N–H and O–H groups in total. The number of piperidine rings is 1. The number of hydrogen-bond donors (Lipinski definition) is 0. The number of rotatable bonds is 3. The summed E-state index contributed by atoms with van der Waals surface area (Å²) in [7, 11) is 0. The molecule has 1 unspecified atom stereocenters. The second-order valence-electron chi connectivity index (χ2n) is 7.92. The van der Waals surface area contributed by atoms with Crippen LogP contribution in [0.5, 0.6) is 5.88 Å². The Morgan fingerprint density at radius 1 is 1.21 bits per heavy atom. The highest BCUT2D eigenvalue weighted by molar-refractivity contribution is 5.94. The molecule has 0 aliphatic carbocycles. The van der Waals surface area contributed by atoms with E-state index in [1.54, 1.807) is 12.4 Å². The minimum Gasteiger partial charge on any atom is -0.474 e. The molecule has 2 aliphatic rings. The van der Waals surface area contributed by atoms with Gasteiger partial charge in [0.25, 0.3) is 5.91 Å². The van der Waals surface area contributed by atoms with Crippen LogP contribution in [-0.4, -0.2) is 52.2 Å². The molecule has 4 heterocycles. The minimum atomic E-state index is -0.199. The van der Waals surface area contributed by atoms with E-state index < -0.39 is 0 Å². The van der Waals surface area contributed by atoms with E-state index in [0.717, 1.165) is 36.9 Å². The number of nitrogens with zero attached hydrogens (tertiary/aromatic N) is 3. The number of aromatic nitrogens is 2. The van der Waals surface area contributed by atoms with E-state index in [-0.39, 0.29) is 17.6 Å². The van der Waals surface area contributed by atoms with Gasteiger partial charge in [0, 0.05) is 50.1 Å². The summed E-state index contributed by atoms with van der Waals surface area (Å²) >= 11 is 0. The Hall–Kier alpha value is -2.47. The SMILES string of the molecule is Cc1ccnc(OC2CCOC3(CCN(C(=O)c4ccc(C)nc4)CC3)C2)c1. The molecule has 1 amide bonds. The molecular weight excluding hydrogens is 354 g/mol. The molecule has 28 heavy (non-hydrogen) atoms. The van der Waals surface area contributed by atoms with E-state index in [1.165, 1.54) is 0 Å². The maximum Gasteiger partial charge on any atom is 0.255 e. The van der Waals surface area contributed by atoms with Crippen molar-refractivity contribution >= 4 is 5.91 Å². The van der Waals surface area contributed by atoms with Crippen molar-refractivity contribution in [2.24, 2.45) is 0 Å². The van der Waals surface area contributed by atoms with Crippen LogP contribution < -0.4 is 4.74 Å². The number of aryl methyl sites for hydroxylation is 2. The standard InChI is InChI=1S/C22H27N3O3/c1-16-5-9-23-20(13-16)28-19-6-12-27-22(14-19)7-10-25(11-8-22)21(26)18-4-3-17(2)24-15-18/h3-5,9,13,15,19H,6-8,10-12,14H2,1-2H3. The fourth-order valence-electron chi connectivity index (χ4n) is 4.07. The molecule has 2 aromatic rings. The third kappa shape index (κ3) is 4.17. The van der Waals surface area contributed by atoms with Crippen LogP contribution in [0.1, 0.15) is 47.3 Å². The number of pyridine rings is 2. The van der Waals surface area contributed by atoms with Crippen LogP contribution in [0, 0.1) is 13.8 Å². The lowest BCUT2D eigenvalue weighted by molar-refractivity contribution is -0.135. The topological polar surface area (TPSA) is 64.6 Å². The van der Waals surface area contributed by atoms with Gasteiger partial charge in [-0.15, -0.1) is 0 Å². The molecule has 148 valence electrons. The summed E-state index contributed by atoms with van der Waals surface area (Å²) in [5.41, 5.74) is 2.51. The fraction of sp³-hybridized carbons (Fsp3) is 0.500. The summed E-state index contributed by atoms with van der Waals surface area (Å²) in [5.74, 6) is 0.733. The van der Waals surface area contributed by atoms with Crippen LogP contribution in [0.15, 0.2) is 36.7 Å². The van der Waals surface area contributed by atoms with Gasteiger partial charge in [0.2, 0.25) is 5.88 Å². The van der Waals surface area contributed by atoms with Gasteiger partial charge in [-0.2, -0.15) is 0 Å². The molecule has 6 nitrogen and oxygen atoms in total. The van der Waals surface area contributed by atoms with E-state index in [2.05, 4.69) is 9.97 Å². The largest absolute Gasteiger partial charge is 0.474 e. The maximum atomic E-state index is 12.7. The molecule has 2 saturated heterocycles. The fourth-order valence-corrected chi connectivity index (χ4v) is 4.07. The average molecular weight is 381 g/mol. The Balaban J connectivity index is 1.36. The third-order valence-corrected chi connectivity index (χ3v) is 5.75. The van der Waals surface area contributed by atoms with Crippen LogP contribution in [0.4, 0.5) is 0 Å². The van der Waals surface area contributed by atoms with E-state index in [4.69, 9.17) is 9.47 Å². The monoisotopic (exact) mass is 381 g/mol. The second-order valence-corrected chi connectivity index (χ2v) is 7.92. The van der Waals surface area contributed by atoms with Gasteiger partial charge in [-0.3, -0.25) is 9.78 Å². The number of likely N-dealkylation sites (tertiary alicyclic amines) is 1. The van der Waals surface area contributed by atoms with E-state index in [1.807, 2.05) is 43.0 Å². The molecular formula is C22H27N3O3. The van der Waals surface area contributed by atoms with Crippen LogP contribution in [0.25, 0.3) is 0 Å². The van der Waals surface area contributed by atoms with Gasteiger partial charge in [0.15, 0.2) is 0 Å². The Kier molecular flexibility index (Phi) is 5.31. The predicted octanol–water partition coefficient (Wildman–Crippen LogP) is 3.33. The van der Waals surface area contributed by atoms with E-state index in [9.17, 15) is 4.79 Å². The second kappa shape index (κ2) is 7.87. The zero-order chi connectivity index (χ0) is 19.6. The Morgan fingerprint density at radius 3 is 2.75 bits per heavy atom. The van der Waals surface area contributed by atoms with Gasteiger partial charge in [-0.25, -0.2) is 4.98 Å². The number of carbonyl (C=O) groups excluding carboxylic acids is 1. The maximum absolute atomic E-state index is 12.7. The first-order valence-corrected chi connectivity index (χ1v) is 9.98. The Labute approximate surface area is 165 Å². The Morgan fingerprint density at radius 2 is 2.04 bits per heavy atom. The van der Waals surface area contributed by atoms with Crippen LogP contribution in [0.3, 0.4) is 0 Å². The van der Waals surface area contributed by atoms with Gasteiger partial charge < -0.3 is 14.4 Å². The molecule has 1 atom stereocenters. The first kappa shape index (κ1) is 18.9. The smallest absolute Gasteiger partial charge is 0.255 e. The van der Waals surface area contributed by atoms with Gasteiger partial charge in [-0.1, -0.05) is 0 Å². The van der Waals surface area contributed by atoms with Crippen molar-refractivity contribution in [3.8, 4) is 5.88 Å². The highest BCUT2D eigenvalue weighted by Crippen LogP contribution is 2.36. The van der Waals surface area contributed by atoms with Crippen molar-refractivity contribution in [3.63, 3.8) is 0 Å². The van der Waals surface area contributed by atoms with Crippen molar-refractivity contribution in [1.82, 2.24) is 14.9 Å². The predicted molar refractivity (Wildman–Crippen MR) is 105 cm³/mol. The third-order valence-electron chi connectivity index (χ3n) is 5.75. The van der Waals surface area contributed by atoms with E-state index >= 15 is 0 Å². The lowest BCUT2D eigenvalue weighted by Crippen LogP contribution is -2.52. The summed E-state index contributed by atoms with van der Waals surface area (Å²) in [6, 6.07) is 7.67. The first-order chi connectivity index (χ1) is 13.5. The zero-order valence-electron chi connectivity index (χ0n) is 16.6. The number of hydrogen-bond acceptors (Lipinski definition) is 5. The zero-order valence-corrected chi connectivity index (χ0v) is 16.6. The quantitative estimate of drug-likeness (QED) is 0.816. The molecule has 4 rings (SSSR count). The van der Waals surface area contributed by atoms with Gasteiger partial charge in [0.1, 0.15) is 6.10 Å². The minimum absolute atomic E-state index is 0.0509.